The topological polar surface area (TPSA) is 46.2 Å². The maximum Gasteiger partial charge on any atom is 0.261 e. The number of benzene rings is 2. The summed E-state index contributed by atoms with van der Waals surface area (Å²) in [5.41, 5.74) is 1.31. The third-order valence-corrected chi connectivity index (χ3v) is 4.89. The van der Waals surface area contributed by atoms with E-state index in [0.29, 0.717) is 10.7 Å². The molecule has 0 amide bonds. The minimum Gasteiger partial charge on any atom is -0.279 e. The first-order valence-electron chi connectivity index (χ1n) is 5.43. The largest absolute Gasteiger partial charge is 0.279 e. The third-order valence-electron chi connectivity index (χ3n) is 2.56. The maximum absolute atomic E-state index is 12.2. The van der Waals surface area contributed by atoms with Crippen LogP contribution in [0.3, 0.4) is 0 Å². The SMILES string of the molecule is Cc1cc(Cl)ccc1NS(=O)(=O)c1ccc(I)cc1. The lowest BCUT2D eigenvalue weighted by atomic mass is 10.2. The molecule has 0 spiro atoms. The average molecular weight is 408 g/mol. The van der Waals surface area contributed by atoms with Crippen molar-refractivity contribution < 1.29 is 8.42 Å². The van der Waals surface area contributed by atoms with Crippen molar-refractivity contribution in [1.29, 1.82) is 0 Å². The second kappa shape index (κ2) is 5.68. The molecule has 0 aliphatic heterocycles. The summed E-state index contributed by atoms with van der Waals surface area (Å²) in [6, 6.07) is 11.7. The fraction of sp³-hybridized carbons (Fsp3) is 0.0769. The summed E-state index contributed by atoms with van der Waals surface area (Å²) >= 11 is 7.97. The van der Waals surface area contributed by atoms with Crippen LogP contribution in [0.15, 0.2) is 47.4 Å². The fourth-order valence-corrected chi connectivity index (χ4v) is 3.28. The van der Waals surface area contributed by atoms with Gasteiger partial charge >= 0.3 is 0 Å². The quantitative estimate of drug-likeness (QED) is 0.780. The maximum atomic E-state index is 12.2. The number of anilines is 1. The molecule has 2 aromatic rings. The molecule has 0 radical (unpaired) electrons. The Hall–Kier alpha value is -0.790. The Morgan fingerprint density at radius 3 is 2.32 bits per heavy atom. The van der Waals surface area contributed by atoms with Crippen LogP contribution >= 0.6 is 34.2 Å². The highest BCUT2D eigenvalue weighted by Crippen LogP contribution is 2.23. The van der Waals surface area contributed by atoms with E-state index in [-0.39, 0.29) is 4.90 Å². The van der Waals surface area contributed by atoms with Gasteiger partial charge in [0.15, 0.2) is 0 Å². The van der Waals surface area contributed by atoms with E-state index in [0.717, 1.165) is 9.13 Å². The molecule has 1 N–H and O–H groups in total. The molecule has 0 unspecified atom stereocenters. The standard InChI is InChI=1S/C13H11ClINO2S/c1-9-8-10(14)2-7-13(9)16-19(17,18)12-5-3-11(15)4-6-12/h2-8,16H,1H3. The third kappa shape index (κ3) is 3.61. The van der Waals surface area contributed by atoms with Crippen LogP contribution in [0.4, 0.5) is 5.69 Å². The van der Waals surface area contributed by atoms with Gasteiger partial charge in [0.05, 0.1) is 10.6 Å². The molecule has 0 heterocycles. The van der Waals surface area contributed by atoms with Gasteiger partial charge in [-0.1, -0.05) is 11.6 Å². The van der Waals surface area contributed by atoms with E-state index in [2.05, 4.69) is 27.3 Å². The first-order valence-corrected chi connectivity index (χ1v) is 8.37. The number of halogens is 2. The summed E-state index contributed by atoms with van der Waals surface area (Å²) in [5, 5.41) is 0.578. The highest BCUT2D eigenvalue weighted by Gasteiger charge is 2.14. The second-order valence-corrected chi connectivity index (χ2v) is 7.38. The number of nitrogens with one attached hydrogen (secondary N) is 1. The van der Waals surface area contributed by atoms with Crippen LogP contribution in [0, 0.1) is 10.5 Å². The average Bonchev–Trinajstić information content (AvgIpc) is 2.33. The lowest BCUT2D eigenvalue weighted by Crippen LogP contribution is -2.13. The molecule has 100 valence electrons. The van der Waals surface area contributed by atoms with Crippen LogP contribution in [0.1, 0.15) is 5.56 Å². The minimum atomic E-state index is -3.56. The van der Waals surface area contributed by atoms with Crippen LogP contribution in [-0.2, 0) is 10.0 Å². The molecule has 0 fully saturated rings. The summed E-state index contributed by atoms with van der Waals surface area (Å²) in [6.07, 6.45) is 0. The normalized spacial score (nSPS) is 11.3. The van der Waals surface area contributed by atoms with Gasteiger partial charge in [0.25, 0.3) is 10.0 Å². The lowest BCUT2D eigenvalue weighted by molar-refractivity contribution is 0.601. The molecular formula is C13H11ClINO2S. The summed E-state index contributed by atoms with van der Waals surface area (Å²) < 4.78 is 28.0. The zero-order valence-corrected chi connectivity index (χ0v) is 13.8. The van der Waals surface area contributed by atoms with Gasteiger partial charge in [-0.15, -0.1) is 0 Å². The second-order valence-electron chi connectivity index (χ2n) is 4.02. The van der Waals surface area contributed by atoms with E-state index in [1.807, 2.05) is 0 Å². The Kier molecular flexibility index (Phi) is 4.37. The highest BCUT2D eigenvalue weighted by molar-refractivity contribution is 14.1. The van der Waals surface area contributed by atoms with Gasteiger partial charge in [-0.25, -0.2) is 8.42 Å². The molecular weight excluding hydrogens is 397 g/mol. The van der Waals surface area contributed by atoms with Gasteiger partial charge in [-0.05, 0) is 77.5 Å². The van der Waals surface area contributed by atoms with Crippen molar-refractivity contribution in [2.45, 2.75) is 11.8 Å². The van der Waals surface area contributed by atoms with E-state index in [4.69, 9.17) is 11.6 Å². The van der Waals surface area contributed by atoms with Gasteiger partial charge < -0.3 is 0 Å². The number of sulfonamides is 1. The van der Waals surface area contributed by atoms with E-state index in [1.54, 1.807) is 49.4 Å². The van der Waals surface area contributed by atoms with E-state index in [9.17, 15) is 8.42 Å². The molecule has 3 nitrogen and oxygen atoms in total. The fourth-order valence-electron chi connectivity index (χ4n) is 1.56. The smallest absolute Gasteiger partial charge is 0.261 e. The van der Waals surface area contributed by atoms with Crippen molar-refractivity contribution in [3.8, 4) is 0 Å². The highest BCUT2D eigenvalue weighted by atomic mass is 127. The summed E-state index contributed by atoms with van der Waals surface area (Å²) in [5.74, 6) is 0. The number of aryl methyl sites for hydroxylation is 1. The van der Waals surface area contributed by atoms with Crippen LogP contribution in [0.25, 0.3) is 0 Å². The first-order chi connectivity index (χ1) is 8.88. The zero-order valence-electron chi connectivity index (χ0n) is 10.0. The van der Waals surface area contributed by atoms with Gasteiger partial charge in [-0.3, -0.25) is 4.72 Å². The first kappa shape index (κ1) is 14.6. The molecule has 2 aromatic carbocycles. The van der Waals surface area contributed by atoms with Crippen LogP contribution < -0.4 is 4.72 Å². The Morgan fingerprint density at radius 2 is 1.74 bits per heavy atom. The lowest BCUT2D eigenvalue weighted by Gasteiger charge is -2.10. The van der Waals surface area contributed by atoms with Crippen LogP contribution in [0.2, 0.25) is 5.02 Å². The van der Waals surface area contributed by atoms with Crippen molar-refractivity contribution in [1.82, 2.24) is 0 Å². The van der Waals surface area contributed by atoms with Gasteiger partial charge in [0.1, 0.15) is 0 Å². The molecule has 0 aliphatic rings. The van der Waals surface area contributed by atoms with Crippen molar-refractivity contribution in [2.75, 3.05) is 4.72 Å². The van der Waals surface area contributed by atoms with Gasteiger partial charge in [0.2, 0.25) is 0 Å². The van der Waals surface area contributed by atoms with Gasteiger partial charge in [0, 0.05) is 8.59 Å². The molecule has 0 saturated carbocycles. The van der Waals surface area contributed by atoms with Crippen molar-refractivity contribution in [3.63, 3.8) is 0 Å². The van der Waals surface area contributed by atoms with E-state index in [1.165, 1.54) is 0 Å². The number of rotatable bonds is 3. The number of hydrogen-bond acceptors (Lipinski definition) is 2. The Bertz CT molecular complexity index is 699. The van der Waals surface area contributed by atoms with E-state index >= 15 is 0 Å². The van der Waals surface area contributed by atoms with E-state index < -0.39 is 10.0 Å². The van der Waals surface area contributed by atoms with Crippen LogP contribution in [-0.4, -0.2) is 8.42 Å². The molecule has 19 heavy (non-hydrogen) atoms. The predicted molar refractivity (Wildman–Crippen MR) is 86.2 cm³/mol. The van der Waals surface area contributed by atoms with Crippen LogP contribution in [0.5, 0.6) is 0 Å². The molecule has 0 saturated heterocycles. The zero-order chi connectivity index (χ0) is 14.0. The van der Waals surface area contributed by atoms with Crippen molar-refractivity contribution in [2.24, 2.45) is 0 Å². The Balaban J connectivity index is 2.33. The minimum absolute atomic E-state index is 0.238. The Morgan fingerprint density at radius 1 is 1.11 bits per heavy atom. The molecule has 0 aromatic heterocycles. The molecule has 0 bridgehead atoms. The Labute approximate surface area is 131 Å². The summed E-state index contributed by atoms with van der Waals surface area (Å²) in [4.78, 5) is 0.238. The predicted octanol–water partition coefficient (Wildman–Crippen LogP) is 4.05. The molecule has 2 rings (SSSR count). The number of hydrogen-bond donors (Lipinski definition) is 1. The molecule has 6 heteroatoms. The summed E-state index contributed by atoms with van der Waals surface area (Å²) in [7, 11) is -3.56. The molecule has 0 atom stereocenters. The monoisotopic (exact) mass is 407 g/mol. The van der Waals surface area contributed by atoms with Crippen molar-refractivity contribution >= 4 is 49.9 Å². The summed E-state index contributed by atoms with van der Waals surface area (Å²) in [6.45, 7) is 1.80. The van der Waals surface area contributed by atoms with Gasteiger partial charge in [-0.2, -0.15) is 0 Å². The molecule has 0 aliphatic carbocycles. The van der Waals surface area contributed by atoms with Crippen molar-refractivity contribution in [3.05, 3.63) is 56.6 Å².